The van der Waals surface area contributed by atoms with Crippen molar-refractivity contribution >= 4 is 11.6 Å². The maximum absolute atomic E-state index is 11.8. The Balaban J connectivity index is 1.95. The molecule has 0 aliphatic heterocycles. The van der Waals surface area contributed by atoms with Crippen molar-refractivity contribution in [3.05, 3.63) is 18.2 Å². The number of methoxy groups -OCH3 is 2. The highest BCUT2D eigenvalue weighted by Gasteiger charge is 2.29. The van der Waals surface area contributed by atoms with E-state index in [-0.39, 0.29) is 11.9 Å². The van der Waals surface area contributed by atoms with Crippen LogP contribution in [0, 0.1) is 5.92 Å². The number of rotatable bonds is 6. The Hall–Kier alpha value is -1.75. The van der Waals surface area contributed by atoms with Crippen LogP contribution in [0.3, 0.4) is 0 Å². The van der Waals surface area contributed by atoms with Crippen LogP contribution >= 0.6 is 0 Å². The summed E-state index contributed by atoms with van der Waals surface area (Å²) in [6, 6.07) is 5.25. The Kier molecular flexibility index (Phi) is 4.27. The van der Waals surface area contributed by atoms with E-state index < -0.39 is 0 Å². The third-order valence-electron chi connectivity index (χ3n) is 3.32. The van der Waals surface area contributed by atoms with Crippen molar-refractivity contribution in [1.29, 1.82) is 0 Å². The second-order valence-corrected chi connectivity index (χ2v) is 4.82. The third-order valence-corrected chi connectivity index (χ3v) is 3.32. The lowest BCUT2D eigenvalue weighted by molar-refractivity contribution is -0.116. The number of amides is 1. The Morgan fingerprint density at radius 3 is 2.63 bits per heavy atom. The summed E-state index contributed by atoms with van der Waals surface area (Å²) in [4.78, 5) is 11.8. The molecule has 1 aliphatic rings. The number of hydrogen-bond donors (Lipinski definition) is 2. The molecule has 19 heavy (non-hydrogen) atoms. The molecule has 0 bridgehead atoms. The average molecular weight is 264 g/mol. The molecular weight excluding hydrogens is 244 g/mol. The second-order valence-electron chi connectivity index (χ2n) is 4.82. The maximum Gasteiger partial charge on any atom is 0.225 e. The van der Waals surface area contributed by atoms with Crippen LogP contribution in [0.25, 0.3) is 0 Å². The van der Waals surface area contributed by atoms with Gasteiger partial charge in [0.05, 0.1) is 14.2 Å². The fourth-order valence-electron chi connectivity index (χ4n) is 2.03. The van der Waals surface area contributed by atoms with Crippen LogP contribution in [0.1, 0.15) is 19.3 Å². The van der Waals surface area contributed by atoms with Crippen molar-refractivity contribution in [3.8, 4) is 11.5 Å². The van der Waals surface area contributed by atoms with Crippen LogP contribution in [-0.4, -0.2) is 26.2 Å². The zero-order valence-corrected chi connectivity index (χ0v) is 11.3. The van der Waals surface area contributed by atoms with Crippen LogP contribution in [0.2, 0.25) is 0 Å². The summed E-state index contributed by atoms with van der Waals surface area (Å²) < 4.78 is 10.3. The highest BCUT2D eigenvalue weighted by atomic mass is 16.5. The average Bonchev–Trinajstić information content (AvgIpc) is 3.22. The molecule has 0 radical (unpaired) electrons. The highest BCUT2D eigenvalue weighted by molar-refractivity contribution is 5.91. The first-order chi connectivity index (χ1) is 9.13. The van der Waals surface area contributed by atoms with E-state index in [1.165, 1.54) is 0 Å². The van der Waals surface area contributed by atoms with E-state index in [0.29, 0.717) is 29.5 Å². The predicted molar refractivity (Wildman–Crippen MR) is 73.5 cm³/mol. The zero-order chi connectivity index (χ0) is 13.8. The number of carbonyl (C=O) groups is 1. The third kappa shape index (κ3) is 3.61. The first kappa shape index (κ1) is 13.7. The number of anilines is 1. The minimum atomic E-state index is -0.0633. The highest BCUT2D eigenvalue weighted by Crippen LogP contribution is 2.33. The molecule has 0 heterocycles. The first-order valence-corrected chi connectivity index (χ1v) is 6.41. The van der Waals surface area contributed by atoms with Crippen LogP contribution in [0.15, 0.2) is 18.2 Å². The molecule has 1 unspecified atom stereocenters. The van der Waals surface area contributed by atoms with Crippen LogP contribution in [0.5, 0.6) is 11.5 Å². The Bertz CT molecular complexity index is 458. The normalized spacial score (nSPS) is 15.7. The van der Waals surface area contributed by atoms with Gasteiger partial charge in [-0.05, 0) is 30.9 Å². The summed E-state index contributed by atoms with van der Waals surface area (Å²) in [7, 11) is 3.14. The number of nitrogens with one attached hydrogen (secondary N) is 1. The van der Waals surface area contributed by atoms with E-state index in [1.807, 2.05) is 0 Å². The summed E-state index contributed by atoms with van der Waals surface area (Å²) in [6.45, 7) is 0. The topological polar surface area (TPSA) is 73.6 Å². The van der Waals surface area contributed by atoms with E-state index in [2.05, 4.69) is 5.32 Å². The molecule has 1 aromatic rings. The summed E-state index contributed by atoms with van der Waals surface area (Å²) in [5.41, 5.74) is 6.62. The number of benzene rings is 1. The van der Waals surface area contributed by atoms with Crippen molar-refractivity contribution < 1.29 is 14.3 Å². The molecule has 0 spiro atoms. The number of hydrogen-bond acceptors (Lipinski definition) is 4. The fraction of sp³-hybridized carbons (Fsp3) is 0.500. The summed E-state index contributed by atoms with van der Waals surface area (Å²) in [5, 5.41) is 2.83. The van der Waals surface area contributed by atoms with Crippen molar-refractivity contribution in [2.45, 2.75) is 25.3 Å². The standard InChI is InChI=1S/C14H20N2O3/c1-18-12-6-5-10(7-13(12)19-2)16-14(17)8-11(15)9-3-4-9/h5-7,9,11H,3-4,8,15H2,1-2H3,(H,16,17). The summed E-state index contributed by atoms with van der Waals surface area (Å²) >= 11 is 0. The van der Waals surface area contributed by atoms with E-state index >= 15 is 0 Å². The number of ether oxygens (including phenoxy) is 2. The van der Waals surface area contributed by atoms with Gasteiger partial charge < -0.3 is 20.5 Å². The Labute approximate surface area is 113 Å². The lowest BCUT2D eigenvalue weighted by atomic mass is 10.1. The van der Waals surface area contributed by atoms with Gasteiger partial charge in [-0.25, -0.2) is 0 Å². The molecular formula is C14H20N2O3. The van der Waals surface area contributed by atoms with E-state index in [1.54, 1.807) is 32.4 Å². The van der Waals surface area contributed by atoms with Gasteiger partial charge in [-0.2, -0.15) is 0 Å². The van der Waals surface area contributed by atoms with Gasteiger partial charge in [-0.1, -0.05) is 0 Å². The zero-order valence-electron chi connectivity index (χ0n) is 11.3. The molecule has 1 aliphatic carbocycles. The monoisotopic (exact) mass is 264 g/mol. The lowest BCUT2D eigenvalue weighted by Crippen LogP contribution is -2.28. The minimum absolute atomic E-state index is 0.0276. The largest absolute Gasteiger partial charge is 0.493 e. The van der Waals surface area contributed by atoms with E-state index in [0.717, 1.165) is 12.8 Å². The molecule has 5 heteroatoms. The molecule has 3 N–H and O–H groups in total. The van der Waals surface area contributed by atoms with Gasteiger partial charge in [0, 0.05) is 24.2 Å². The first-order valence-electron chi connectivity index (χ1n) is 6.41. The minimum Gasteiger partial charge on any atom is -0.493 e. The summed E-state index contributed by atoms with van der Waals surface area (Å²) in [6.07, 6.45) is 2.65. The van der Waals surface area contributed by atoms with Gasteiger partial charge in [0.2, 0.25) is 5.91 Å². The van der Waals surface area contributed by atoms with Crippen LogP contribution in [-0.2, 0) is 4.79 Å². The maximum atomic E-state index is 11.8. The smallest absolute Gasteiger partial charge is 0.225 e. The summed E-state index contributed by atoms with van der Waals surface area (Å²) in [5.74, 6) is 1.68. The van der Waals surface area contributed by atoms with Crippen molar-refractivity contribution in [1.82, 2.24) is 0 Å². The van der Waals surface area contributed by atoms with Crippen LogP contribution in [0.4, 0.5) is 5.69 Å². The van der Waals surface area contributed by atoms with Gasteiger partial charge in [0.15, 0.2) is 11.5 Å². The Morgan fingerprint density at radius 1 is 1.37 bits per heavy atom. The van der Waals surface area contributed by atoms with Gasteiger partial charge in [-0.3, -0.25) is 4.79 Å². The van der Waals surface area contributed by atoms with Crippen molar-refractivity contribution in [2.24, 2.45) is 11.7 Å². The van der Waals surface area contributed by atoms with Crippen LogP contribution < -0.4 is 20.5 Å². The number of nitrogens with two attached hydrogens (primary N) is 1. The fourth-order valence-corrected chi connectivity index (χ4v) is 2.03. The van der Waals surface area contributed by atoms with Gasteiger partial charge in [0.1, 0.15) is 0 Å². The molecule has 1 atom stereocenters. The molecule has 0 aromatic heterocycles. The molecule has 1 fully saturated rings. The molecule has 1 saturated carbocycles. The molecule has 5 nitrogen and oxygen atoms in total. The van der Waals surface area contributed by atoms with E-state index in [9.17, 15) is 4.79 Å². The molecule has 2 rings (SSSR count). The molecule has 1 aromatic carbocycles. The van der Waals surface area contributed by atoms with Crippen molar-refractivity contribution in [2.75, 3.05) is 19.5 Å². The van der Waals surface area contributed by atoms with Gasteiger partial charge >= 0.3 is 0 Å². The predicted octanol–water partition coefficient (Wildman–Crippen LogP) is 1.77. The quantitative estimate of drug-likeness (QED) is 0.821. The Morgan fingerprint density at radius 2 is 2.05 bits per heavy atom. The molecule has 0 saturated heterocycles. The molecule has 104 valence electrons. The van der Waals surface area contributed by atoms with Gasteiger partial charge in [0.25, 0.3) is 0 Å². The number of carbonyl (C=O) groups excluding carboxylic acids is 1. The lowest BCUT2D eigenvalue weighted by Gasteiger charge is -2.12. The van der Waals surface area contributed by atoms with Crippen molar-refractivity contribution in [3.63, 3.8) is 0 Å². The van der Waals surface area contributed by atoms with E-state index in [4.69, 9.17) is 15.2 Å². The van der Waals surface area contributed by atoms with Gasteiger partial charge in [-0.15, -0.1) is 0 Å². The second kappa shape index (κ2) is 5.93. The molecule has 1 amide bonds. The SMILES string of the molecule is COc1ccc(NC(=O)CC(N)C2CC2)cc1OC.